The summed E-state index contributed by atoms with van der Waals surface area (Å²) in [4.78, 5) is 17.3. The lowest BCUT2D eigenvalue weighted by atomic mass is 9.82. The minimum Gasteiger partial charge on any atom is -0.289 e. The van der Waals surface area contributed by atoms with E-state index in [2.05, 4.69) is 10.1 Å². The maximum absolute atomic E-state index is 12.8. The first-order chi connectivity index (χ1) is 14.8. The first kappa shape index (κ1) is 20.7. The topological polar surface area (TPSA) is 81.9 Å². The van der Waals surface area contributed by atoms with Gasteiger partial charge in [0, 0.05) is 11.1 Å². The number of rotatable bonds is 6. The van der Waals surface area contributed by atoms with Crippen molar-refractivity contribution in [1.29, 1.82) is 0 Å². The minimum absolute atomic E-state index is 0.0802. The number of aromatic nitrogens is 3. The summed E-state index contributed by atoms with van der Waals surface area (Å²) in [5, 5.41) is 4.27. The molecule has 0 fully saturated rings. The van der Waals surface area contributed by atoms with Gasteiger partial charge < -0.3 is 0 Å². The molecule has 1 heterocycles. The molecule has 0 spiro atoms. The molecule has 0 aliphatic rings. The zero-order valence-corrected chi connectivity index (χ0v) is 18.0. The maximum Gasteiger partial charge on any atom is 0.284 e. The highest BCUT2D eigenvalue weighted by Gasteiger charge is 2.30. The fourth-order valence-electron chi connectivity index (χ4n) is 3.29. The van der Waals surface area contributed by atoms with E-state index in [9.17, 15) is 13.2 Å². The van der Waals surface area contributed by atoms with Crippen LogP contribution in [0.2, 0.25) is 0 Å². The summed E-state index contributed by atoms with van der Waals surface area (Å²) in [6, 6.07) is 24.4. The summed E-state index contributed by atoms with van der Waals surface area (Å²) in [6.07, 6.45) is 1.21. The summed E-state index contributed by atoms with van der Waals surface area (Å²) in [5.74, 6) is 0.264. The van der Waals surface area contributed by atoms with Gasteiger partial charge in [0.25, 0.3) is 10.0 Å². The van der Waals surface area contributed by atoms with Gasteiger partial charge in [-0.15, -0.1) is 9.19 Å². The molecule has 4 rings (SSSR count). The van der Waals surface area contributed by atoms with E-state index in [4.69, 9.17) is 0 Å². The smallest absolute Gasteiger partial charge is 0.284 e. The molecule has 0 aliphatic heterocycles. The number of ketones is 1. The van der Waals surface area contributed by atoms with Crippen LogP contribution in [0, 0.1) is 0 Å². The van der Waals surface area contributed by atoms with Crippen molar-refractivity contribution in [3.05, 3.63) is 114 Å². The van der Waals surface area contributed by atoms with Crippen molar-refractivity contribution in [2.24, 2.45) is 0 Å². The Morgan fingerprint density at radius 3 is 2.13 bits per heavy atom. The van der Waals surface area contributed by atoms with Crippen molar-refractivity contribution in [2.75, 3.05) is 0 Å². The minimum atomic E-state index is -3.83. The van der Waals surface area contributed by atoms with E-state index < -0.39 is 15.4 Å². The van der Waals surface area contributed by atoms with Gasteiger partial charge in [-0.1, -0.05) is 66.7 Å². The average molecular weight is 432 g/mol. The molecule has 0 bridgehead atoms. The molecule has 156 valence electrons. The van der Waals surface area contributed by atoms with E-state index in [0.717, 1.165) is 9.65 Å². The third kappa shape index (κ3) is 3.92. The summed E-state index contributed by atoms with van der Waals surface area (Å²) in [6.45, 7) is 3.79. The second-order valence-corrected chi connectivity index (χ2v) is 9.46. The molecule has 3 aromatic carbocycles. The predicted molar refractivity (Wildman–Crippen MR) is 117 cm³/mol. The van der Waals surface area contributed by atoms with Crippen LogP contribution < -0.4 is 0 Å². The van der Waals surface area contributed by atoms with Crippen molar-refractivity contribution in [2.45, 2.75) is 24.2 Å². The quantitative estimate of drug-likeness (QED) is 0.430. The monoisotopic (exact) mass is 431 g/mol. The Bertz CT molecular complexity index is 1330. The normalized spacial score (nSPS) is 11.9. The number of hydrogen-bond acceptors (Lipinski definition) is 5. The average Bonchev–Trinajstić information content (AvgIpc) is 3.32. The van der Waals surface area contributed by atoms with E-state index in [1.54, 1.807) is 36.4 Å². The van der Waals surface area contributed by atoms with Gasteiger partial charge in [-0.25, -0.2) is 4.98 Å². The van der Waals surface area contributed by atoms with E-state index in [1.165, 1.54) is 18.5 Å². The number of carbonyl (C=O) groups excluding carboxylic acids is 1. The van der Waals surface area contributed by atoms with Gasteiger partial charge >= 0.3 is 0 Å². The first-order valence-corrected chi connectivity index (χ1v) is 11.2. The highest BCUT2D eigenvalue weighted by Crippen LogP contribution is 2.30. The Labute approximate surface area is 181 Å². The summed E-state index contributed by atoms with van der Waals surface area (Å²) in [5.41, 5.74) is 1.25. The van der Waals surface area contributed by atoms with Crippen LogP contribution in [0.25, 0.3) is 0 Å². The molecular weight excluding hydrogens is 410 g/mol. The molecule has 31 heavy (non-hydrogen) atoms. The number of hydrogen-bond donors (Lipinski definition) is 0. The van der Waals surface area contributed by atoms with Crippen LogP contribution in [0.4, 0.5) is 0 Å². The van der Waals surface area contributed by atoms with Crippen LogP contribution in [0.5, 0.6) is 0 Å². The van der Waals surface area contributed by atoms with Gasteiger partial charge in [-0.05, 0) is 37.6 Å². The third-order valence-electron chi connectivity index (χ3n) is 5.20. The fraction of sp³-hybridized carbons (Fsp3) is 0.125. The second-order valence-electron chi connectivity index (χ2n) is 7.66. The van der Waals surface area contributed by atoms with Crippen LogP contribution in [0.15, 0.2) is 96.2 Å². The Hall–Kier alpha value is -3.58. The molecule has 6 nitrogen and oxygen atoms in total. The molecule has 0 N–H and O–H groups in total. The number of benzene rings is 3. The summed E-state index contributed by atoms with van der Waals surface area (Å²) < 4.78 is 26.5. The Morgan fingerprint density at radius 1 is 0.839 bits per heavy atom. The largest absolute Gasteiger partial charge is 0.289 e. The van der Waals surface area contributed by atoms with Gasteiger partial charge in [-0.3, -0.25) is 4.79 Å². The molecule has 7 heteroatoms. The molecule has 1 aromatic heterocycles. The number of carbonyl (C=O) groups is 1. The highest BCUT2D eigenvalue weighted by molar-refractivity contribution is 7.89. The van der Waals surface area contributed by atoms with Gasteiger partial charge in [0.15, 0.2) is 11.6 Å². The third-order valence-corrected chi connectivity index (χ3v) is 6.74. The molecule has 0 radical (unpaired) electrons. The van der Waals surface area contributed by atoms with Gasteiger partial charge in [0.05, 0.1) is 10.3 Å². The van der Waals surface area contributed by atoms with Crippen LogP contribution in [-0.4, -0.2) is 28.4 Å². The SMILES string of the molecule is CC(C)(c1cccc(C(=O)c2ccccc2)c1)c1ncn(S(=O)(=O)c2ccccc2)n1. The Balaban J connectivity index is 1.68. The standard InChI is InChI=1S/C24H21N3O3S/c1-24(2,20-13-9-12-19(16-20)22(28)18-10-5-3-6-11-18)23-25-17-27(26-23)31(29,30)21-14-7-4-8-15-21/h3-17H,1-2H3. The summed E-state index contributed by atoms with van der Waals surface area (Å²) >= 11 is 0. The highest BCUT2D eigenvalue weighted by atomic mass is 32.2. The predicted octanol–water partition coefficient (Wildman–Crippen LogP) is 4.07. The molecule has 0 aliphatic carbocycles. The van der Waals surface area contributed by atoms with Crippen molar-refractivity contribution in [3.8, 4) is 0 Å². The molecule has 0 amide bonds. The fourth-order valence-corrected chi connectivity index (χ4v) is 4.36. The van der Waals surface area contributed by atoms with Gasteiger partial charge in [-0.2, -0.15) is 8.42 Å². The van der Waals surface area contributed by atoms with Crippen molar-refractivity contribution in [3.63, 3.8) is 0 Å². The van der Waals surface area contributed by atoms with E-state index in [0.29, 0.717) is 17.0 Å². The Morgan fingerprint density at radius 2 is 1.45 bits per heavy atom. The lowest BCUT2D eigenvalue weighted by Gasteiger charge is -2.22. The zero-order chi connectivity index (χ0) is 22.1. The molecule has 0 unspecified atom stereocenters. The van der Waals surface area contributed by atoms with Gasteiger partial charge in [0.1, 0.15) is 6.33 Å². The van der Waals surface area contributed by atoms with Crippen molar-refractivity contribution >= 4 is 15.8 Å². The molecule has 0 saturated heterocycles. The Kier molecular flexibility index (Phi) is 5.29. The second kappa shape index (κ2) is 7.92. The lowest BCUT2D eigenvalue weighted by molar-refractivity contribution is 0.103. The zero-order valence-electron chi connectivity index (χ0n) is 17.1. The first-order valence-electron chi connectivity index (χ1n) is 9.73. The van der Waals surface area contributed by atoms with E-state index in [-0.39, 0.29) is 10.7 Å². The van der Waals surface area contributed by atoms with Crippen molar-refractivity contribution < 1.29 is 13.2 Å². The van der Waals surface area contributed by atoms with Gasteiger partial charge in [0.2, 0.25) is 0 Å². The van der Waals surface area contributed by atoms with E-state index in [1.807, 2.05) is 50.2 Å². The number of nitrogens with zero attached hydrogens (tertiary/aromatic N) is 3. The van der Waals surface area contributed by atoms with E-state index >= 15 is 0 Å². The molecular formula is C24H21N3O3S. The van der Waals surface area contributed by atoms with Crippen LogP contribution >= 0.6 is 0 Å². The lowest BCUT2D eigenvalue weighted by Crippen LogP contribution is -2.23. The maximum atomic E-state index is 12.8. The molecule has 4 aromatic rings. The summed E-state index contributed by atoms with van der Waals surface area (Å²) in [7, 11) is -3.83. The van der Waals surface area contributed by atoms with Crippen LogP contribution in [0.1, 0.15) is 41.2 Å². The van der Waals surface area contributed by atoms with Crippen LogP contribution in [0.3, 0.4) is 0 Å². The van der Waals surface area contributed by atoms with Crippen molar-refractivity contribution in [1.82, 2.24) is 14.2 Å². The molecule has 0 saturated carbocycles. The molecule has 0 atom stereocenters. The van der Waals surface area contributed by atoms with Crippen LogP contribution in [-0.2, 0) is 15.4 Å².